The second kappa shape index (κ2) is 5.69. The van der Waals surface area contributed by atoms with E-state index in [4.69, 9.17) is 10.8 Å². The Morgan fingerprint density at radius 2 is 1.88 bits per heavy atom. The highest BCUT2D eigenvalue weighted by Gasteiger charge is 2.17. The van der Waals surface area contributed by atoms with Crippen LogP contribution in [0.25, 0.3) is 33.3 Å². The number of pyridine rings is 2. The molecule has 0 radical (unpaired) electrons. The first-order chi connectivity index (χ1) is 12.2. The van der Waals surface area contributed by atoms with Gasteiger partial charge in [-0.25, -0.2) is 9.55 Å². The van der Waals surface area contributed by atoms with Gasteiger partial charge in [0.1, 0.15) is 18.1 Å². The van der Waals surface area contributed by atoms with E-state index in [9.17, 15) is 0 Å². The van der Waals surface area contributed by atoms with Gasteiger partial charge in [-0.05, 0) is 55.6 Å². The molecule has 3 heterocycles. The third-order valence-corrected chi connectivity index (χ3v) is 4.73. The molecule has 3 nitrogen and oxygen atoms in total. The lowest BCUT2D eigenvalue weighted by atomic mass is 10.0. The van der Waals surface area contributed by atoms with E-state index in [2.05, 4.69) is 55.9 Å². The molecule has 0 saturated heterocycles. The predicted octanol–water partition coefficient (Wildman–Crippen LogP) is 5.21. The number of fused-ring (bicyclic) bond motifs is 3. The summed E-state index contributed by atoms with van der Waals surface area (Å²) in [5.41, 5.74) is 7.89. The van der Waals surface area contributed by atoms with E-state index in [1.54, 1.807) is 0 Å². The lowest BCUT2D eigenvalue weighted by Gasteiger charge is -2.06. The maximum Gasteiger partial charge on any atom is 0.212 e. The number of aryl methyl sites for hydroxylation is 3. The summed E-state index contributed by atoms with van der Waals surface area (Å²) in [4.78, 5) is 4.75. The average Bonchev–Trinajstić information content (AvgIpc) is 2.90. The normalized spacial score (nSPS) is 12.8. The molecule has 0 aliphatic rings. The van der Waals surface area contributed by atoms with Gasteiger partial charge < -0.3 is 4.42 Å². The summed E-state index contributed by atoms with van der Waals surface area (Å²) in [5.74, 6) is -0.741. The van der Waals surface area contributed by atoms with Crippen LogP contribution >= 0.6 is 0 Å². The van der Waals surface area contributed by atoms with Gasteiger partial charge >= 0.3 is 0 Å². The Balaban J connectivity index is 2.01. The first-order valence-electron chi connectivity index (χ1n) is 9.05. The smallest absolute Gasteiger partial charge is 0.212 e. The minimum absolute atomic E-state index is 0.741. The van der Waals surface area contributed by atoms with Crippen molar-refractivity contribution in [3.8, 4) is 11.3 Å². The summed E-state index contributed by atoms with van der Waals surface area (Å²) in [5, 5.41) is 0.993. The largest absolute Gasteiger partial charge is 0.454 e. The van der Waals surface area contributed by atoms with Gasteiger partial charge in [0.2, 0.25) is 5.69 Å². The molecule has 0 spiro atoms. The standard InChI is InChI=1S/C22H23N2O/c1-13(2)18-7-9-20-22(23-18)17-11-16(15(4)10-21(17)25-20)19-8-6-14(3)12-24(19)5/h6-13H,1-5H3/q+1/i13D. The van der Waals surface area contributed by atoms with Crippen LogP contribution in [0.2, 0.25) is 0 Å². The lowest BCUT2D eigenvalue weighted by molar-refractivity contribution is -0.660. The maximum absolute atomic E-state index is 8.27. The fourth-order valence-electron chi connectivity index (χ4n) is 3.37. The molecule has 0 N–H and O–H groups in total. The number of hydrogen-bond acceptors (Lipinski definition) is 2. The van der Waals surface area contributed by atoms with Crippen LogP contribution in [0.15, 0.2) is 47.0 Å². The van der Waals surface area contributed by atoms with Crippen LogP contribution in [0, 0.1) is 13.8 Å². The fourth-order valence-corrected chi connectivity index (χ4v) is 3.37. The van der Waals surface area contributed by atoms with E-state index in [1.807, 2.05) is 26.0 Å². The SMILES string of the molecule is [2H]C(C)(C)c1ccc2oc3cc(C)c(-c4ccc(C)c[n+]4C)cc3c2n1. The molecule has 0 atom stereocenters. The van der Waals surface area contributed by atoms with Crippen LogP contribution in [0.3, 0.4) is 0 Å². The van der Waals surface area contributed by atoms with Gasteiger partial charge in [0.25, 0.3) is 0 Å². The van der Waals surface area contributed by atoms with Crippen molar-refractivity contribution in [1.82, 2.24) is 4.98 Å². The first kappa shape index (κ1) is 14.6. The Morgan fingerprint density at radius 3 is 2.60 bits per heavy atom. The highest BCUT2D eigenvalue weighted by Crippen LogP contribution is 2.33. The highest BCUT2D eigenvalue weighted by molar-refractivity contribution is 6.04. The fraction of sp³-hybridized carbons (Fsp3) is 0.273. The molecule has 0 aliphatic carbocycles. The summed E-state index contributed by atoms with van der Waals surface area (Å²) in [6.45, 7) is 7.90. The van der Waals surface area contributed by atoms with E-state index in [-0.39, 0.29) is 0 Å². The van der Waals surface area contributed by atoms with E-state index in [0.29, 0.717) is 0 Å². The van der Waals surface area contributed by atoms with Gasteiger partial charge in [-0.3, -0.25) is 0 Å². The van der Waals surface area contributed by atoms with Crippen LogP contribution in [0.1, 0.15) is 37.9 Å². The van der Waals surface area contributed by atoms with Gasteiger partial charge in [0.15, 0.2) is 11.8 Å². The molecule has 4 aromatic rings. The summed E-state index contributed by atoms with van der Waals surface area (Å²) < 4.78 is 16.4. The number of hydrogen-bond donors (Lipinski definition) is 0. The van der Waals surface area contributed by atoms with Crippen molar-refractivity contribution in [3.63, 3.8) is 0 Å². The molecule has 1 aromatic carbocycles. The van der Waals surface area contributed by atoms with Crippen molar-refractivity contribution in [1.29, 1.82) is 0 Å². The molecule has 0 aliphatic heterocycles. The van der Waals surface area contributed by atoms with E-state index < -0.39 is 5.89 Å². The average molecular weight is 332 g/mol. The Hall–Kier alpha value is -2.68. The maximum atomic E-state index is 8.27. The summed E-state index contributed by atoms with van der Waals surface area (Å²) in [6.07, 6.45) is 2.13. The van der Waals surface area contributed by atoms with E-state index >= 15 is 0 Å². The molecule has 3 heteroatoms. The Kier molecular flexibility index (Phi) is 3.34. The third kappa shape index (κ3) is 2.60. The molecule has 0 saturated carbocycles. The minimum Gasteiger partial charge on any atom is -0.454 e. The zero-order chi connectivity index (χ0) is 18.6. The van der Waals surface area contributed by atoms with Crippen molar-refractivity contribution in [3.05, 3.63) is 59.4 Å². The number of benzene rings is 1. The second-order valence-electron chi connectivity index (χ2n) is 7.01. The Labute approximate surface area is 149 Å². The van der Waals surface area contributed by atoms with Crippen molar-refractivity contribution in [2.45, 2.75) is 33.6 Å². The number of rotatable bonds is 2. The van der Waals surface area contributed by atoms with Crippen molar-refractivity contribution < 1.29 is 10.4 Å². The van der Waals surface area contributed by atoms with E-state index in [0.717, 1.165) is 39.0 Å². The lowest BCUT2D eigenvalue weighted by Crippen LogP contribution is -2.31. The minimum atomic E-state index is -0.741. The van der Waals surface area contributed by atoms with Gasteiger partial charge in [-0.2, -0.15) is 0 Å². The van der Waals surface area contributed by atoms with Crippen LogP contribution in [0.5, 0.6) is 0 Å². The quantitative estimate of drug-likeness (QED) is 0.471. The molecule has 0 bridgehead atoms. The van der Waals surface area contributed by atoms with Crippen LogP contribution in [-0.2, 0) is 7.05 Å². The molecular weight excluding hydrogens is 308 g/mol. The Morgan fingerprint density at radius 1 is 1.08 bits per heavy atom. The van der Waals surface area contributed by atoms with Crippen molar-refractivity contribution in [2.75, 3.05) is 0 Å². The second-order valence-corrected chi connectivity index (χ2v) is 7.01. The molecule has 25 heavy (non-hydrogen) atoms. The summed E-state index contributed by atoms with van der Waals surface area (Å²) >= 11 is 0. The first-order valence-corrected chi connectivity index (χ1v) is 8.55. The summed E-state index contributed by atoms with van der Waals surface area (Å²) in [6, 6.07) is 12.3. The van der Waals surface area contributed by atoms with Gasteiger partial charge in [0, 0.05) is 29.6 Å². The number of nitrogens with zero attached hydrogens (tertiary/aromatic N) is 2. The van der Waals surface area contributed by atoms with E-state index in [1.165, 1.54) is 11.1 Å². The predicted molar refractivity (Wildman–Crippen MR) is 102 cm³/mol. The van der Waals surface area contributed by atoms with Crippen molar-refractivity contribution in [2.24, 2.45) is 7.05 Å². The molecular formula is C22H23N2O+. The van der Waals surface area contributed by atoms with Crippen LogP contribution in [0.4, 0.5) is 0 Å². The van der Waals surface area contributed by atoms with Gasteiger partial charge in [-0.1, -0.05) is 13.8 Å². The zero-order valence-corrected chi connectivity index (χ0v) is 15.3. The van der Waals surface area contributed by atoms with Gasteiger partial charge in [-0.15, -0.1) is 0 Å². The zero-order valence-electron chi connectivity index (χ0n) is 16.3. The molecule has 126 valence electrons. The third-order valence-electron chi connectivity index (χ3n) is 4.73. The molecule has 4 rings (SSSR count). The summed E-state index contributed by atoms with van der Waals surface area (Å²) in [7, 11) is 2.07. The van der Waals surface area contributed by atoms with Crippen LogP contribution < -0.4 is 4.57 Å². The molecule has 3 aromatic heterocycles. The van der Waals surface area contributed by atoms with Crippen LogP contribution in [-0.4, -0.2) is 4.98 Å². The Bertz CT molecular complexity index is 1150. The topological polar surface area (TPSA) is 29.9 Å². The van der Waals surface area contributed by atoms with Crippen molar-refractivity contribution >= 4 is 22.1 Å². The number of furan rings is 1. The highest BCUT2D eigenvalue weighted by atomic mass is 16.3. The van der Waals surface area contributed by atoms with Gasteiger partial charge in [0.05, 0.1) is 0 Å². The monoisotopic (exact) mass is 332 g/mol. The molecule has 0 unspecified atom stereocenters. The number of aromatic nitrogens is 2. The molecule has 0 fully saturated rings. The molecule has 0 amide bonds.